The maximum atomic E-state index is 12.8. The van der Waals surface area contributed by atoms with Gasteiger partial charge < -0.3 is 10.5 Å². The van der Waals surface area contributed by atoms with Gasteiger partial charge in [0.15, 0.2) is 0 Å². The summed E-state index contributed by atoms with van der Waals surface area (Å²) in [6, 6.07) is 13.9. The molecule has 2 rings (SSSR count). The largest absolute Gasteiger partial charge is 0.489 e. The highest BCUT2D eigenvalue weighted by Crippen LogP contribution is 2.24. The Morgan fingerprint density at radius 2 is 1.78 bits per heavy atom. The Morgan fingerprint density at radius 3 is 2.44 bits per heavy atom. The van der Waals surface area contributed by atoms with Crippen molar-refractivity contribution in [3.8, 4) is 5.75 Å². The Hall–Kier alpha value is -1.87. The molecule has 18 heavy (non-hydrogen) atoms. The predicted molar refractivity (Wildman–Crippen MR) is 69.8 cm³/mol. The van der Waals surface area contributed by atoms with Crippen LogP contribution in [0, 0.1) is 5.82 Å². The lowest BCUT2D eigenvalue weighted by atomic mass is 10.1. The molecule has 0 saturated carbocycles. The molecule has 2 aromatic rings. The van der Waals surface area contributed by atoms with E-state index in [2.05, 4.69) is 0 Å². The van der Waals surface area contributed by atoms with Crippen LogP contribution >= 0.6 is 0 Å². The first-order valence-electron chi connectivity index (χ1n) is 5.88. The van der Waals surface area contributed by atoms with Crippen molar-refractivity contribution in [1.29, 1.82) is 0 Å². The molecule has 0 heterocycles. The first kappa shape index (κ1) is 12.6. The molecular formula is C15H16FNO. The van der Waals surface area contributed by atoms with E-state index >= 15 is 0 Å². The molecule has 1 unspecified atom stereocenters. The molecule has 0 bridgehead atoms. The monoisotopic (exact) mass is 245 g/mol. The second-order valence-corrected chi connectivity index (χ2v) is 4.24. The fourth-order valence-corrected chi connectivity index (χ4v) is 1.73. The van der Waals surface area contributed by atoms with Crippen LogP contribution in [0.5, 0.6) is 5.75 Å². The average Bonchev–Trinajstić information content (AvgIpc) is 2.38. The number of para-hydroxylation sites is 1. The Labute approximate surface area is 106 Å². The highest BCUT2D eigenvalue weighted by atomic mass is 19.1. The van der Waals surface area contributed by atoms with Crippen molar-refractivity contribution in [2.24, 2.45) is 5.73 Å². The summed E-state index contributed by atoms with van der Waals surface area (Å²) in [4.78, 5) is 0. The maximum absolute atomic E-state index is 12.8. The third-order valence-electron chi connectivity index (χ3n) is 2.72. The van der Waals surface area contributed by atoms with Gasteiger partial charge in [0.2, 0.25) is 0 Å². The minimum absolute atomic E-state index is 0.0746. The van der Waals surface area contributed by atoms with Gasteiger partial charge in [-0.05, 0) is 30.7 Å². The summed E-state index contributed by atoms with van der Waals surface area (Å²) in [6.07, 6.45) is 0. The van der Waals surface area contributed by atoms with Crippen LogP contribution in [0.3, 0.4) is 0 Å². The van der Waals surface area contributed by atoms with Crippen LogP contribution in [0.15, 0.2) is 48.5 Å². The van der Waals surface area contributed by atoms with Gasteiger partial charge in [0, 0.05) is 11.6 Å². The van der Waals surface area contributed by atoms with E-state index in [0.717, 1.165) is 16.9 Å². The molecule has 0 aliphatic rings. The molecule has 0 aromatic heterocycles. The number of nitrogens with two attached hydrogens (primary N) is 1. The van der Waals surface area contributed by atoms with Crippen LogP contribution in [-0.4, -0.2) is 0 Å². The molecule has 2 aromatic carbocycles. The van der Waals surface area contributed by atoms with Crippen LogP contribution in [0.2, 0.25) is 0 Å². The van der Waals surface area contributed by atoms with Crippen molar-refractivity contribution in [2.45, 2.75) is 19.6 Å². The summed E-state index contributed by atoms with van der Waals surface area (Å²) in [7, 11) is 0. The molecule has 2 nitrogen and oxygen atoms in total. The van der Waals surface area contributed by atoms with Crippen molar-refractivity contribution in [3.05, 3.63) is 65.5 Å². The lowest BCUT2D eigenvalue weighted by molar-refractivity contribution is 0.301. The predicted octanol–water partition coefficient (Wildman–Crippen LogP) is 3.42. The van der Waals surface area contributed by atoms with E-state index in [4.69, 9.17) is 10.5 Å². The first-order valence-corrected chi connectivity index (χ1v) is 5.88. The Morgan fingerprint density at radius 1 is 1.11 bits per heavy atom. The average molecular weight is 245 g/mol. The van der Waals surface area contributed by atoms with Crippen molar-refractivity contribution in [2.75, 3.05) is 0 Å². The topological polar surface area (TPSA) is 35.2 Å². The van der Waals surface area contributed by atoms with Gasteiger partial charge in [0.1, 0.15) is 18.2 Å². The number of ether oxygens (including phenoxy) is 1. The fraction of sp³-hybridized carbons (Fsp3) is 0.200. The second-order valence-electron chi connectivity index (χ2n) is 4.24. The van der Waals surface area contributed by atoms with Gasteiger partial charge in [-0.2, -0.15) is 0 Å². The Balaban J connectivity index is 2.08. The van der Waals surface area contributed by atoms with E-state index in [1.54, 1.807) is 12.1 Å². The van der Waals surface area contributed by atoms with Crippen LogP contribution < -0.4 is 10.5 Å². The SMILES string of the molecule is CC(N)c1ccccc1OCc1ccc(F)cc1. The summed E-state index contributed by atoms with van der Waals surface area (Å²) in [5.74, 6) is 0.534. The number of rotatable bonds is 4. The highest BCUT2D eigenvalue weighted by molar-refractivity contribution is 5.35. The van der Waals surface area contributed by atoms with Gasteiger partial charge >= 0.3 is 0 Å². The summed E-state index contributed by atoms with van der Waals surface area (Å²) in [6.45, 7) is 2.32. The normalized spacial score (nSPS) is 12.2. The van der Waals surface area contributed by atoms with E-state index in [-0.39, 0.29) is 11.9 Å². The van der Waals surface area contributed by atoms with E-state index < -0.39 is 0 Å². The number of hydrogen-bond acceptors (Lipinski definition) is 2. The highest BCUT2D eigenvalue weighted by Gasteiger charge is 2.07. The molecule has 1 atom stereocenters. The summed E-state index contributed by atoms with van der Waals surface area (Å²) in [5.41, 5.74) is 7.77. The van der Waals surface area contributed by atoms with E-state index in [1.165, 1.54) is 12.1 Å². The van der Waals surface area contributed by atoms with Gasteiger partial charge in [0.25, 0.3) is 0 Å². The van der Waals surface area contributed by atoms with E-state index in [0.29, 0.717) is 6.61 Å². The molecule has 0 fully saturated rings. The third kappa shape index (κ3) is 3.08. The molecular weight excluding hydrogens is 229 g/mol. The van der Waals surface area contributed by atoms with Gasteiger partial charge in [-0.15, -0.1) is 0 Å². The first-order chi connectivity index (χ1) is 8.66. The minimum Gasteiger partial charge on any atom is -0.489 e. The second kappa shape index (κ2) is 5.65. The Bertz CT molecular complexity index is 508. The molecule has 3 heteroatoms. The standard InChI is InChI=1S/C15H16FNO/c1-11(17)14-4-2-3-5-15(14)18-10-12-6-8-13(16)9-7-12/h2-9,11H,10,17H2,1H3. The summed E-state index contributed by atoms with van der Waals surface area (Å²) >= 11 is 0. The molecule has 0 aliphatic heterocycles. The van der Waals surface area contributed by atoms with Gasteiger partial charge in [-0.3, -0.25) is 0 Å². The Kier molecular flexibility index (Phi) is 3.95. The summed E-state index contributed by atoms with van der Waals surface area (Å²) in [5, 5.41) is 0. The minimum atomic E-state index is -0.241. The molecule has 94 valence electrons. The van der Waals surface area contributed by atoms with Crippen LogP contribution in [0.4, 0.5) is 4.39 Å². The molecule has 0 radical (unpaired) electrons. The third-order valence-corrected chi connectivity index (χ3v) is 2.72. The van der Waals surface area contributed by atoms with Crippen LogP contribution in [0.25, 0.3) is 0 Å². The van der Waals surface area contributed by atoms with Crippen molar-refractivity contribution in [3.63, 3.8) is 0 Å². The zero-order valence-corrected chi connectivity index (χ0v) is 10.3. The van der Waals surface area contributed by atoms with E-state index in [9.17, 15) is 4.39 Å². The lowest BCUT2D eigenvalue weighted by Crippen LogP contribution is -2.07. The molecule has 0 spiro atoms. The zero-order chi connectivity index (χ0) is 13.0. The van der Waals surface area contributed by atoms with Crippen molar-refractivity contribution >= 4 is 0 Å². The van der Waals surface area contributed by atoms with Crippen LogP contribution in [0.1, 0.15) is 24.1 Å². The lowest BCUT2D eigenvalue weighted by Gasteiger charge is -2.13. The molecule has 0 aliphatic carbocycles. The van der Waals surface area contributed by atoms with Gasteiger partial charge in [0.05, 0.1) is 0 Å². The quantitative estimate of drug-likeness (QED) is 0.895. The number of hydrogen-bond donors (Lipinski definition) is 1. The zero-order valence-electron chi connectivity index (χ0n) is 10.3. The van der Waals surface area contributed by atoms with E-state index in [1.807, 2.05) is 31.2 Å². The van der Waals surface area contributed by atoms with Gasteiger partial charge in [-0.25, -0.2) is 4.39 Å². The summed E-state index contributed by atoms with van der Waals surface area (Å²) < 4.78 is 18.5. The maximum Gasteiger partial charge on any atom is 0.124 e. The molecule has 0 saturated heterocycles. The van der Waals surface area contributed by atoms with Gasteiger partial charge in [-0.1, -0.05) is 30.3 Å². The van der Waals surface area contributed by atoms with Crippen molar-refractivity contribution < 1.29 is 9.13 Å². The fourth-order valence-electron chi connectivity index (χ4n) is 1.73. The number of halogens is 1. The number of benzene rings is 2. The van der Waals surface area contributed by atoms with Crippen LogP contribution in [-0.2, 0) is 6.61 Å². The smallest absolute Gasteiger partial charge is 0.124 e. The molecule has 0 amide bonds. The molecule has 2 N–H and O–H groups in total. The van der Waals surface area contributed by atoms with Crippen molar-refractivity contribution in [1.82, 2.24) is 0 Å².